The molecule has 4 heterocycles. The van der Waals surface area contributed by atoms with Crippen LogP contribution in [0, 0.1) is 11.8 Å². The molecular weight excluding hydrogens is 448 g/mol. The van der Waals surface area contributed by atoms with Crippen molar-refractivity contribution < 1.29 is 4.79 Å². The Morgan fingerprint density at radius 2 is 1.89 bits per heavy atom. The number of nitroso groups, excluding NO2 is 1. The summed E-state index contributed by atoms with van der Waals surface area (Å²) in [5, 5.41) is 8.08. The minimum atomic E-state index is -0.344. The highest BCUT2D eigenvalue weighted by molar-refractivity contribution is 5.99. The maximum Gasteiger partial charge on any atom is 0.263 e. The van der Waals surface area contributed by atoms with Gasteiger partial charge in [-0.05, 0) is 44.4 Å². The van der Waals surface area contributed by atoms with E-state index in [1.807, 2.05) is 6.07 Å². The zero-order valence-electron chi connectivity index (χ0n) is 19.9. The predicted octanol–water partition coefficient (Wildman–Crippen LogP) is 3.04. The lowest BCUT2D eigenvalue weighted by molar-refractivity contribution is 0.101. The molecule has 0 radical (unpaired) electrons. The normalized spacial score (nSPS) is 16.6. The Kier molecular flexibility index (Phi) is 6.25. The Morgan fingerprint density at radius 3 is 2.51 bits per heavy atom. The van der Waals surface area contributed by atoms with E-state index in [1.165, 1.54) is 6.92 Å². The highest BCUT2D eigenvalue weighted by Crippen LogP contribution is 2.33. The van der Waals surface area contributed by atoms with Crippen LogP contribution in [0.3, 0.4) is 0 Å². The van der Waals surface area contributed by atoms with Crippen molar-refractivity contribution >= 4 is 34.3 Å². The van der Waals surface area contributed by atoms with Crippen LogP contribution in [0.5, 0.6) is 0 Å². The van der Waals surface area contributed by atoms with E-state index in [2.05, 4.69) is 30.5 Å². The minimum Gasteiger partial charge on any atom is -0.368 e. The lowest BCUT2D eigenvalue weighted by Crippen LogP contribution is -2.43. The number of aryl methyl sites for hydroxylation is 1. The molecular formula is C24H28N8O3. The van der Waals surface area contributed by atoms with Crippen LogP contribution in [-0.4, -0.2) is 51.5 Å². The van der Waals surface area contributed by atoms with Crippen LogP contribution in [0.1, 0.15) is 54.6 Å². The zero-order valence-corrected chi connectivity index (χ0v) is 19.9. The van der Waals surface area contributed by atoms with Crippen LogP contribution in [0.4, 0.5) is 17.5 Å². The summed E-state index contributed by atoms with van der Waals surface area (Å²) < 4.78 is 1.61. The van der Waals surface area contributed by atoms with E-state index < -0.39 is 0 Å². The predicted molar refractivity (Wildman–Crippen MR) is 133 cm³/mol. The molecule has 0 bridgehead atoms. The van der Waals surface area contributed by atoms with Gasteiger partial charge in [0.1, 0.15) is 5.65 Å². The number of nitrogens with zero attached hydrogens (tertiary/aromatic N) is 7. The average molecular weight is 477 g/mol. The van der Waals surface area contributed by atoms with Crippen LogP contribution in [0.2, 0.25) is 0 Å². The monoisotopic (exact) mass is 476 g/mol. The second-order valence-corrected chi connectivity index (χ2v) is 9.08. The van der Waals surface area contributed by atoms with Gasteiger partial charge >= 0.3 is 0 Å². The molecule has 182 valence electrons. The number of rotatable bonds is 6. The summed E-state index contributed by atoms with van der Waals surface area (Å²) in [5.41, 5.74) is 1.73. The summed E-state index contributed by atoms with van der Waals surface area (Å²) in [6.45, 7) is 6.70. The molecule has 0 unspecified atom stereocenters. The number of hydrogen-bond donors (Lipinski definition) is 1. The van der Waals surface area contributed by atoms with Gasteiger partial charge in [-0.15, -0.1) is 9.92 Å². The van der Waals surface area contributed by atoms with Gasteiger partial charge in [0, 0.05) is 43.8 Å². The molecule has 5 rings (SSSR count). The van der Waals surface area contributed by atoms with Gasteiger partial charge in [-0.1, -0.05) is 12.8 Å². The first-order valence-electron chi connectivity index (χ1n) is 12.0. The number of nitrogens with one attached hydrogen (secondary N) is 1. The standard InChI is InChI=1S/C24H28N8O3/c1-15-19-14-27-24(28-22(19)31(17-5-3-4-6-17)23(34)21(15)16(2)33)32(29-35)20-8-7-18(13-26-20)30-11-9-25-10-12-30/h7-8,13-14,17,25H,3-6,9-12H2,1-2H3. The number of Topliss-reactive ketones (excluding diaryl/α,β-unsaturated/α-hetero) is 1. The topological polar surface area (TPSA) is 126 Å². The third-order valence-electron chi connectivity index (χ3n) is 6.94. The molecule has 3 aromatic rings. The number of fused-ring (bicyclic) bond motifs is 1. The quantitative estimate of drug-likeness (QED) is 0.324. The molecule has 1 aliphatic carbocycles. The number of piperazine rings is 1. The molecule has 1 saturated carbocycles. The van der Waals surface area contributed by atoms with Crippen LogP contribution < -0.4 is 20.8 Å². The van der Waals surface area contributed by atoms with Crippen molar-refractivity contribution in [3.8, 4) is 0 Å². The Bertz CT molecular complexity index is 1330. The van der Waals surface area contributed by atoms with Gasteiger partial charge < -0.3 is 10.2 Å². The SMILES string of the molecule is CC(=O)c1c(C)c2cnc(N(N=O)c3ccc(N4CCNCC4)cn3)nc2n(C2CCCC2)c1=O. The average Bonchev–Trinajstić information content (AvgIpc) is 3.40. The fraction of sp³-hybridized carbons (Fsp3) is 0.458. The van der Waals surface area contributed by atoms with Gasteiger partial charge in [-0.3, -0.25) is 14.2 Å². The molecule has 0 amide bonds. The van der Waals surface area contributed by atoms with Crippen LogP contribution in [-0.2, 0) is 0 Å². The molecule has 0 atom stereocenters. The van der Waals surface area contributed by atoms with E-state index in [9.17, 15) is 14.5 Å². The van der Waals surface area contributed by atoms with Crippen molar-refractivity contribution in [2.45, 2.75) is 45.6 Å². The molecule has 3 aromatic heterocycles. The Labute approximate surface area is 202 Å². The largest absolute Gasteiger partial charge is 0.368 e. The summed E-state index contributed by atoms with van der Waals surface area (Å²) in [4.78, 5) is 53.2. The molecule has 35 heavy (non-hydrogen) atoms. The molecule has 2 fully saturated rings. The number of carbonyl (C=O) groups excluding carboxylic acids is 1. The lowest BCUT2D eigenvalue weighted by Gasteiger charge is -2.29. The molecule has 11 heteroatoms. The first-order chi connectivity index (χ1) is 17.0. The molecule has 11 nitrogen and oxygen atoms in total. The van der Waals surface area contributed by atoms with Crippen LogP contribution in [0.15, 0.2) is 34.6 Å². The number of ketones is 1. The molecule has 0 aromatic carbocycles. The van der Waals surface area contributed by atoms with Gasteiger partial charge in [0.25, 0.3) is 11.5 Å². The number of aromatic nitrogens is 4. The highest BCUT2D eigenvalue weighted by Gasteiger charge is 2.27. The Morgan fingerprint density at radius 1 is 1.14 bits per heavy atom. The molecule has 1 saturated heterocycles. The third kappa shape index (κ3) is 4.16. The summed E-state index contributed by atoms with van der Waals surface area (Å²) in [5.74, 6) is 0.0244. The second-order valence-electron chi connectivity index (χ2n) is 9.08. The second kappa shape index (κ2) is 9.49. The van der Waals surface area contributed by atoms with E-state index in [0.717, 1.165) is 62.6 Å². The van der Waals surface area contributed by atoms with Gasteiger partial charge in [0.05, 0.1) is 22.7 Å². The van der Waals surface area contributed by atoms with Crippen molar-refractivity contribution in [2.24, 2.45) is 5.29 Å². The van der Waals surface area contributed by atoms with E-state index in [-0.39, 0.29) is 34.7 Å². The Balaban J connectivity index is 1.59. The smallest absolute Gasteiger partial charge is 0.263 e. The summed E-state index contributed by atoms with van der Waals surface area (Å²) in [6, 6.07) is 3.55. The summed E-state index contributed by atoms with van der Waals surface area (Å²) >= 11 is 0. The zero-order chi connectivity index (χ0) is 24.5. The van der Waals surface area contributed by atoms with Crippen LogP contribution >= 0.6 is 0 Å². The minimum absolute atomic E-state index is 0.0241. The van der Waals surface area contributed by atoms with Crippen molar-refractivity contribution in [1.29, 1.82) is 0 Å². The molecule has 1 aliphatic heterocycles. The summed E-state index contributed by atoms with van der Waals surface area (Å²) in [6.07, 6.45) is 6.93. The first kappa shape index (κ1) is 23.0. The molecule has 2 aliphatic rings. The van der Waals surface area contributed by atoms with E-state index in [0.29, 0.717) is 16.6 Å². The van der Waals surface area contributed by atoms with Crippen LogP contribution in [0.25, 0.3) is 11.0 Å². The number of hydrogen-bond acceptors (Lipinski definition) is 9. The lowest BCUT2D eigenvalue weighted by atomic mass is 10.0. The van der Waals surface area contributed by atoms with Crippen molar-refractivity contribution in [3.63, 3.8) is 0 Å². The molecule has 0 spiro atoms. The maximum absolute atomic E-state index is 13.4. The van der Waals surface area contributed by atoms with Gasteiger partial charge in [0.2, 0.25) is 0 Å². The Hall–Kier alpha value is -3.73. The van der Waals surface area contributed by atoms with Gasteiger partial charge in [-0.25, -0.2) is 9.97 Å². The number of carbonyl (C=O) groups is 1. The number of pyridine rings is 2. The van der Waals surface area contributed by atoms with Gasteiger partial charge in [-0.2, -0.15) is 4.98 Å². The van der Waals surface area contributed by atoms with E-state index >= 15 is 0 Å². The van der Waals surface area contributed by atoms with Crippen molar-refractivity contribution in [3.05, 3.63) is 50.9 Å². The molecule has 1 N–H and O–H groups in total. The highest BCUT2D eigenvalue weighted by atomic mass is 16.3. The first-order valence-corrected chi connectivity index (χ1v) is 12.0. The maximum atomic E-state index is 13.4. The van der Waals surface area contributed by atoms with E-state index in [4.69, 9.17) is 0 Å². The van der Waals surface area contributed by atoms with Crippen molar-refractivity contribution in [1.82, 2.24) is 24.8 Å². The van der Waals surface area contributed by atoms with E-state index in [1.54, 1.807) is 30.0 Å². The van der Waals surface area contributed by atoms with Gasteiger partial charge in [0.15, 0.2) is 11.6 Å². The number of anilines is 3. The fourth-order valence-electron chi connectivity index (χ4n) is 5.14. The fourth-order valence-corrected chi connectivity index (χ4v) is 5.14. The summed E-state index contributed by atoms with van der Waals surface area (Å²) in [7, 11) is 0. The third-order valence-corrected chi connectivity index (χ3v) is 6.94. The van der Waals surface area contributed by atoms with Crippen molar-refractivity contribution in [2.75, 3.05) is 36.1 Å².